The highest BCUT2D eigenvalue weighted by molar-refractivity contribution is 7.16. The first kappa shape index (κ1) is 76.5. The molecule has 22 heteroatoms. The average Bonchev–Trinajstić information content (AvgIpc) is 1.69. The molecule has 14 rings (SSSR count). The van der Waals surface area contributed by atoms with Crippen molar-refractivity contribution in [3.8, 4) is 0 Å². The van der Waals surface area contributed by atoms with E-state index in [2.05, 4.69) is 86.2 Å². The van der Waals surface area contributed by atoms with Gasteiger partial charge in [0.25, 0.3) is 0 Å². The van der Waals surface area contributed by atoms with Gasteiger partial charge in [-0.3, -0.25) is 14.4 Å². The minimum Gasteiger partial charge on any atom is -0.477 e. The summed E-state index contributed by atoms with van der Waals surface area (Å²) in [4.78, 5) is 113. The maximum Gasteiger partial charge on any atom is 0.350 e. The molecule has 5 aromatic heterocycles. The summed E-state index contributed by atoms with van der Waals surface area (Å²) in [5.74, 6) is 2.38. The van der Waals surface area contributed by atoms with Gasteiger partial charge < -0.3 is 44.4 Å². The number of hydrogen-bond acceptors (Lipinski definition) is 18. The summed E-state index contributed by atoms with van der Waals surface area (Å²) in [6.07, 6.45) is 44.2. The molecule has 6 aliphatic carbocycles. The number of ether oxygens (including phenoxy) is 2. The zero-order chi connectivity index (χ0) is 72.6. The van der Waals surface area contributed by atoms with E-state index in [1.807, 2.05) is 32.9 Å². The molecule has 3 amide bonds. The monoisotopic (exact) mass is 1470 g/mol. The van der Waals surface area contributed by atoms with Crippen molar-refractivity contribution in [1.82, 2.24) is 25.3 Å². The third-order valence-corrected chi connectivity index (χ3v) is 27.0. The highest BCUT2D eigenvalue weighted by Crippen LogP contribution is 2.46. The van der Waals surface area contributed by atoms with Crippen LogP contribution < -0.4 is 29.8 Å². The predicted octanol–water partition coefficient (Wildman–Crippen LogP) is 17.5. The number of allylic oxidation sites excluding steroid dienone is 6. The number of carbonyl (C=O) groups is 6. The van der Waals surface area contributed by atoms with Crippen molar-refractivity contribution < 1.29 is 43.3 Å². The number of aromatic carboxylic acids is 1. The van der Waals surface area contributed by atoms with E-state index >= 15 is 0 Å². The van der Waals surface area contributed by atoms with Gasteiger partial charge in [-0.2, -0.15) is 0 Å². The molecule has 8 heterocycles. The lowest BCUT2D eigenvalue weighted by molar-refractivity contribution is -0.125. The predicted molar refractivity (Wildman–Crippen MR) is 418 cm³/mol. The van der Waals surface area contributed by atoms with Crippen LogP contribution in [0.5, 0.6) is 0 Å². The minimum atomic E-state index is -0.942. The SMILES string of the molecule is CC1CCC(C(=O)N(c2cc(C3=CCCCC3)sc2C(=O)O)C2CCN(c3ncccn3)CC2)CC1.COC(=O)c1sc(C2=CCCCC2)cc1N(C(=O)C1CCC(C)CC1)C1CCN(c2ncccn2)CC1.COC(=O)c1sc(C2=CCCCC2)cc1N(C(=O)C1CCC(C)CC1)C1CCNCC1. The zero-order valence-corrected chi connectivity index (χ0v) is 64.5. The molecule has 0 spiro atoms. The fourth-order valence-electron chi connectivity index (χ4n) is 17.2. The normalized spacial score (nSPS) is 23.6. The quantitative estimate of drug-likeness (QED) is 0.0827. The fraction of sp³-hybridized carbons (Fsp3) is 0.610. The summed E-state index contributed by atoms with van der Waals surface area (Å²) in [7, 11) is 2.86. The van der Waals surface area contributed by atoms with Crippen molar-refractivity contribution in [3.05, 3.63) is 103 Å². The van der Waals surface area contributed by atoms with E-state index < -0.39 is 5.97 Å². The first-order valence-corrected chi connectivity index (χ1v) is 41.7. The van der Waals surface area contributed by atoms with Crippen LogP contribution in [0.3, 0.4) is 0 Å². The molecule has 2 N–H and O–H groups in total. The Morgan fingerprint density at radius 2 is 0.740 bits per heavy atom. The van der Waals surface area contributed by atoms with Crippen molar-refractivity contribution in [1.29, 1.82) is 0 Å². The van der Waals surface area contributed by atoms with E-state index in [-0.39, 0.29) is 65.5 Å². The van der Waals surface area contributed by atoms with E-state index in [9.17, 15) is 33.9 Å². The number of amides is 3. The van der Waals surface area contributed by atoms with E-state index in [1.165, 1.54) is 90.6 Å². The van der Waals surface area contributed by atoms with Crippen LogP contribution >= 0.6 is 34.0 Å². The van der Waals surface area contributed by atoms with Gasteiger partial charge in [-0.05, 0) is 271 Å². The Labute approximate surface area is 627 Å². The molecule has 5 aromatic rings. The number of hydrogen-bond donors (Lipinski definition) is 2. The number of aromatic nitrogens is 4. The number of nitrogens with zero attached hydrogens (tertiary/aromatic N) is 9. The number of carboxylic acid groups (broad SMARTS) is 1. The van der Waals surface area contributed by atoms with Crippen LogP contribution in [0, 0.1) is 35.5 Å². The Hall–Kier alpha value is -7.14. The van der Waals surface area contributed by atoms with Crippen molar-refractivity contribution in [2.75, 3.05) is 78.0 Å². The van der Waals surface area contributed by atoms with Crippen LogP contribution in [0.2, 0.25) is 0 Å². The molecule has 104 heavy (non-hydrogen) atoms. The van der Waals surface area contributed by atoms with Gasteiger partial charge in [-0.15, -0.1) is 34.0 Å². The van der Waals surface area contributed by atoms with Gasteiger partial charge in [0.2, 0.25) is 29.6 Å². The summed E-state index contributed by atoms with van der Waals surface area (Å²) < 4.78 is 10.4. The maximum absolute atomic E-state index is 14.2. The molecule has 0 bridgehead atoms. The molecule has 3 aliphatic heterocycles. The number of piperidine rings is 3. The molecule has 0 unspecified atom stereocenters. The Balaban J connectivity index is 0.000000147. The van der Waals surface area contributed by atoms with Crippen LogP contribution in [0.1, 0.15) is 257 Å². The van der Waals surface area contributed by atoms with Crippen molar-refractivity contribution in [3.63, 3.8) is 0 Å². The number of nitrogens with one attached hydrogen (secondary N) is 1. The van der Waals surface area contributed by atoms with Gasteiger partial charge in [-0.1, -0.05) is 39.0 Å². The van der Waals surface area contributed by atoms with Gasteiger partial charge >= 0.3 is 17.9 Å². The summed E-state index contributed by atoms with van der Waals surface area (Å²) >= 11 is 4.33. The maximum atomic E-state index is 14.2. The first-order chi connectivity index (χ1) is 50.6. The number of methoxy groups -OCH3 is 2. The molecule has 0 aromatic carbocycles. The Bertz CT molecular complexity index is 3800. The fourth-order valence-corrected chi connectivity index (χ4v) is 20.5. The summed E-state index contributed by atoms with van der Waals surface area (Å²) in [5, 5.41) is 13.6. The topological polar surface area (TPSA) is 221 Å². The molecule has 3 saturated carbocycles. The van der Waals surface area contributed by atoms with Gasteiger partial charge in [0.1, 0.15) is 14.6 Å². The molecule has 6 fully saturated rings. The molecule has 560 valence electrons. The smallest absolute Gasteiger partial charge is 0.350 e. The lowest BCUT2D eigenvalue weighted by atomic mass is 9.82. The van der Waals surface area contributed by atoms with Gasteiger partial charge in [-0.25, -0.2) is 34.3 Å². The van der Waals surface area contributed by atoms with E-state index in [4.69, 9.17) is 9.47 Å². The number of thiophene rings is 3. The molecule has 0 radical (unpaired) electrons. The Morgan fingerprint density at radius 3 is 1.04 bits per heavy atom. The third kappa shape index (κ3) is 18.8. The lowest BCUT2D eigenvalue weighted by Gasteiger charge is -2.40. The van der Waals surface area contributed by atoms with Gasteiger partial charge in [0.05, 0.1) is 31.3 Å². The average molecular weight is 1480 g/mol. The van der Waals surface area contributed by atoms with Crippen molar-refractivity contribution in [2.45, 2.75) is 232 Å². The van der Waals surface area contributed by atoms with Crippen molar-refractivity contribution in [2.24, 2.45) is 35.5 Å². The largest absolute Gasteiger partial charge is 0.477 e. The van der Waals surface area contributed by atoms with Crippen molar-refractivity contribution >= 4 is 115 Å². The van der Waals surface area contributed by atoms with Crippen LogP contribution in [-0.2, 0) is 23.9 Å². The number of anilines is 5. The highest BCUT2D eigenvalue weighted by Gasteiger charge is 2.42. The standard InChI is InChI=1S/C29H38N4O3S.C28H36N4O3S.C25H36N2O3S/c1-20-9-11-22(12-10-20)27(34)33(23-13-17-32(18-14-23)29-30-15-6-16-31-29)24-19-25(21-7-4-3-5-8-21)37-26(24)28(35)36-2;1-19-8-10-21(11-9-19)26(33)32(22-12-16-31(17-13-22)28-29-14-5-15-30-28)23-18-24(36-25(23)27(34)35)20-6-3-2-4-7-20;1-17-8-10-19(11-9-17)24(28)27(20-12-14-26-15-13-20)21-16-22(18-6-4-3-5-7-18)31-23(21)25(29)30-2/h6-7,15-16,19-20,22-23H,3-5,8-14,17-18H2,1-2H3;5-6,14-15,18-19,21-22H,2-4,7-13,16-17H2,1H3,(H,34,35);6,16-17,19-20,26H,3-5,7-15H2,1-2H3. The van der Waals surface area contributed by atoms with Crippen LogP contribution in [0.15, 0.2) is 73.3 Å². The van der Waals surface area contributed by atoms with Crippen LogP contribution in [0.25, 0.3) is 16.7 Å². The number of carboxylic acids is 1. The van der Waals surface area contributed by atoms with Crippen LogP contribution in [0.4, 0.5) is 29.0 Å². The summed E-state index contributed by atoms with van der Waals surface area (Å²) in [6.45, 7) is 11.7. The van der Waals surface area contributed by atoms with Crippen LogP contribution in [-0.4, -0.2) is 132 Å². The summed E-state index contributed by atoms with van der Waals surface area (Å²) in [5.41, 5.74) is 5.98. The van der Waals surface area contributed by atoms with E-state index in [0.717, 1.165) is 238 Å². The second kappa shape index (κ2) is 36.9. The van der Waals surface area contributed by atoms with E-state index in [0.29, 0.717) is 44.0 Å². The minimum absolute atomic E-state index is 0.00873. The molecule has 0 atom stereocenters. The second-order valence-electron chi connectivity index (χ2n) is 30.7. The Morgan fingerprint density at radius 1 is 0.433 bits per heavy atom. The zero-order valence-electron chi connectivity index (χ0n) is 62.0. The third-order valence-electron chi connectivity index (χ3n) is 23.5. The van der Waals surface area contributed by atoms with Gasteiger partial charge in [0.15, 0.2) is 0 Å². The second-order valence-corrected chi connectivity index (χ2v) is 33.9. The summed E-state index contributed by atoms with van der Waals surface area (Å²) in [6, 6.07) is 9.98. The number of carbonyl (C=O) groups excluding carboxylic acids is 5. The molecule has 9 aliphatic rings. The highest BCUT2D eigenvalue weighted by atomic mass is 32.1. The molecular formula is C82H110N10O9S3. The molecule has 19 nitrogen and oxygen atoms in total. The lowest BCUT2D eigenvalue weighted by Crippen LogP contribution is -2.50. The molecule has 3 saturated heterocycles. The number of rotatable bonds is 17. The van der Waals surface area contributed by atoms with E-state index in [1.54, 1.807) is 24.8 Å². The Kier molecular flexibility index (Phi) is 27.2. The first-order valence-electron chi connectivity index (χ1n) is 39.3. The molecular weight excluding hydrogens is 1370 g/mol. The number of esters is 2. The van der Waals surface area contributed by atoms with Gasteiger partial charge in [0, 0.05) is 101 Å².